The molecule has 0 radical (unpaired) electrons. The van der Waals surface area contributed by atoms with E-state index in [0.717, 1.165) is 17.3 Å². The van der Waals surface area contributed by atoms with Crippen LogP contribution >= 0.6 is 11.8 Å². The first kappa shape index (κ1) is 16.6. The summed E-state index contributed by atoms with van der Waals surface area (Å²) in [5, 5.41) is 9.61. The van der Waals surface area contributed by atoms with Crippen molar-refractivity contribution in [1.29, 1.82) is 0 Å². The van der Waals surface area contributed by atoms with Crippen molar-refractivity contribution in [3.8, 4) is 0 Å². The van der Waals surface area contributed by atoms with Gasteiger partial charge < -0.3 is 5.32 Å². The Hall–Kier alpha value is -2.27. The van der Waals surface area contributed by atoms with Gasteiger partial charge in [0, 0.05) is 17.5 Å². The number of hydrogen-bond donors (Lipinski definition) is 1. The summed E-state index contributed by atoms with van der Waals surface area (Å²) in [7, 11) is 0. The fourth-order valence-corrected chi connectivity index (χ4v) is 3.26. The summed E-state index contributed by atoms with van der Waals surface area (Å²) in [6.45, 7) is 5.05. The summed E-state index contributed by atoms with van der Waals surface area (Å²) in [6.07, 6.45) is 1.72. The number of anilines is 1. The van der Waals surface area contributed by atoms with Gasteiger partial charge in [0.15, 0.2) is 0 Å². The predicted molar refractivity (Wildman–Crippen MR) is 100 cm³/mol. The molecule has 1 heterocycles. The van der Waals surface area contributed by atoms with Crippen LogP contribution in [0.15, 0.2) is 59.6 Å². The lowest BCUT2D eigenvalue weighted by Crippen LogP contribution is -2.18. The van der Waals surface area contributed by atoms with Crippen molar-refractivity contribution in [2.75, 3.05) is 11.1 Å². The van der Waals surface area contributed by atoms with Gasteiger partial charge in [-0.15, -0.1) is 11.8 Å². The summed E-state index contributed by atoms with van der Waals surface area (Å²) in [4.78, 5) is 13.3. The highest BCUT2D eigenvalue weighted by molar-refractivity contribution is 8.00. The zero-order valence-corrected chi connectivity index (χ0v) is 14.7. The first-order valence-electron chi connectivity index (χ1n) is 8.05. The first-order valence-corrected chi connectivity index (χ1v) is 9.03. The fourth-order valence-electron chi connectivity index (χ4n) is 2.52. The van der Waals surface area contributed by atoms with Crippen LogP contribution < -0.4 is 5.32 Å². The molecule has 2 aromatic carbocycles. The number of aromatic nitrogens is 2. The second kappa shape index (κ2) is 7.53. The molecule has 0 aliphatic carbocycles. The molecule has 4 nitrogen and oxygen atoms in total. The van der Waals surface area contributed by atoms with E-state index in [1.54, 1.807) is 18.0 Å². The third kappa shape index (κ3) is 4.17. The van der Waals surface area contributed by atoms with E-state index in [4.69, 9.17) is 0 Å². The van der Waals surface area contributed by atoms with Gasteiger partial charge in [0.25, 0.3) is 0 Å². The molecule has 0 saturated carbocycles. The topological polar surface area (TPSA) is 46.9 Å². The zero-order valence-electron chi connectivity index (χ0n) is 13.9. The molecule has 0 atom stereocenters. The van der Waals surface area contributed by atoms with Crippen molar-refractivity contribution in [2.24, 2.45) is 5.92 Å². The Morgan fingerprint density at radius 2 is 1.96 bits per heavy atom. The van der Waals surface area contributed by atoms with Crippen molar-refractivity contribution in [1.82, 2.24) is 9.78 Å². The molecule has 0 aliphatic heterocycles. The van der Waals surface area contributed by atoms with Gasteiger partial charge in [-0.1, -0.05) is 44.2 Å². The number of carbonyl (C=O) groups is 1. The number of carbonyl (C=O) groups excluding carboxylic acids is 1. The van der Waals surface area contributed by atoms with Gasteiger partial charge >= 0.3 is 0 Å². The monoisotopic (exact) mass is 339 g/mol. The van der Waals surface area contributed by atoms with Crippen molar-refractivity contribution < 1.29 is 4.79 Å². The van der Waals surface area contributed by atoms with Crippen molar-refractivity contribution in [2.45, 2.75) is 25.3 Å². The van der Waals surface area contributed by atoms with Gasteiger partial charge in [-0.25, -0.2) is 4.68 Å². The number of rotatable bonds is 6. The second-order valence-corrected chi connectivity index (χ2v) is 7.19. The van der Waals surface area contributed by atoms with E-state index in [9.17, 15) is 4.79 Å². The number of hydrogen-bond acceptors (Lipinski definition) is 3. The highest BCUT2D eigenvalue weighted by atomic mass is 32.2. The minimum Gasteiger partial charge on any atom is -0.310 e. The van der Waals surface area contributed by atoms with E-state index in [-0.39, 0.29) is 5.91 Å². The lowest BCUT2D eigenvalue weighted by atomic mass is 10.1. The maximum Gasteiger partial charge on any atom is 0.235 e. The quantitative estimate of drug-likeness (QED) is 0.676. The van der Waals surface area contributed by atoms with E-state index in [2.05, 4.69) is 54.6 Å². The van der Waals surface area contributed by atoms with Crippen LogP contribution in [0.25, 0.3) is 10.8 Å². The van der Waals surface area contributed by atoms with E-state index in [1.165, 1.54) is 10.8 Å². The normalized spacial score (nSPS) is 11.1. The molecule has 0 bridgehead atoms. The van der Waals surface area contributed by atoms with Crippen LogP contribution in [0, 0.1) is 5.92 Å². The average molecular weight is 339 g/mol. The lowest BCUT2D eigenvalue weighted by molar-refractivity contribution is -0.113. The highest BCUT2D eigenvalue weighted by Gasteiger charge is 2.09. The van der Waals surface area contributed by atoms with Gasteiger partial charge in [-0.2, -0.15) is 5.10 Å². The maximum atomic E-state index is 12.2. The molecule has 1 N–H and O–H groups in total. The molecule has 0 saturated heterocycles. The molecule has 1 amide bonds. The van der Waals surface area contributed by atoms with Gasteiger partial charge in [0.2, 0.25) is 5.91 Å². The van der Waals surface area contributed by atoms with E-state index < -0.39 is 0 Å². The van der Waals surface area contributed by atoms with Crippen LogP contribution in [0.2, 0.25) is 0 Å². The number of nitrogens with one attached hydrogen (secondary N) is 1. The van der Waals surface area contributed by atoms with Gasteiger partial charge in [0.1, 0.15) is 5.82 Å². The predicted octanol–water partition coefficient (Wildman–Crippen LogP) is 4.42. The summed E-state index contributed by atoms with van der Waals surface area (Å²) in [5.74, 6) is 1.60. The third-order valence-corrected chi connectivity index (χ3v) is 4.61. The molecule has 24 heavy (non-hydrogen) atoms. The molecule has 0 unspecified atom stereocenters. The van der Waals surface area contributed by atoms with Crippen molar-refractivity contribution in [3.05, 3.63) is 54.7 Å². The molecule has 1 aromatic heterocycles. The Bertz CT molecular complexity index is 841. The van der Waals surface area contributed by atoms with Gasteiger partial charge in [-0.3, -0.25) is 4.79 Å². The number of benzene rings is 2. The SMILES string of the molecule is CC(C)Cn1nccc1NC(=O)CSc1ccc2ccccc2c1. The van der Waals surface area contributed by atoms with E-state index in [0.29, 0.717) is 11.7 Å². The maximum absolute atomic E-state index is 12.2. The summed E-state index contributed by atoms with van der Waals surface area (Å²) >= 11 is 1.54. The first-order chi connectivity index (χ1) is 11.6. The molecule has 5 heteroatoms. The lowest BCUT2D eigenvalue weighted by Gasteiger charge is -2.11. The van der Waals surface area contributed by atoms with Gasteiger partial charge in [-0.05, 0) is 28.8 Å². The number of amides is 1. The van der Waals surface area contributed by atoms with Crippen LogP contribution in [-0.2, 0) is 11.3 Å². The van der Waals surface area contributed by atoms with Gasteiger partial charge in [0.05, 0.1) is 11.9 Å². The number of fused-ring (bicyclic) bond motifs is 1. The van der Waals surface area contributed by atoms with Crippen LogP contribution in [0.4, 0.5) is 5.82 Å². The Morgan fingerprint density at radius 1 is 1.17 bits per heavy atom. The average Bonchev–Trinajstić information content (AvgIpc) is 2.99. The molecule has 3 rings (SSSR count). The molecule has 0 aliphatic rings. The zero-order chi connectivity index (χ0) is 16.9. The molecule has 0 fully saturated rings. The minimum atomic E-state index is -0.0151. The fraction of sp³-hybridized carbons (Fsp3) is 0.263. The summed E-state index contributed by atoms with van der Waals surface area (Å²) in [6, 6.07) is 16.3. The highest BCUT2D eigenvalue weighted by Crippen LogP contribution is 2.23. The Labute approximate surface area is 146 Å². The second-order valence-electron chi connectivity index (χ2n) is 6.14. The molecular weight excluding hydrogens is 318 g/mol. The summed E-state index contributed by atoms with van der Waals surface area (Å²) in [5.41, 5.74) is 0. The van der Waals surface area contributed by atoms with Crippen LogP contribution in [0.5, 0.6) is 0 Å². The molecule has 0 spiro atoms. The smallest absolute Gasteiger partial charge is 0.235 e. The number of nitrogens with zero attached hydrogens (tertiary/aromatic N) is 2. The van der Waals surface area contributed by atoms with Crippen LogP contribution in [0.3, 0.4) is 0 Å². The standard InChI is InChI=1S/C19H21N3OS/c1-14(2)12-22-18(9-10-20-22)21-19(23)13-24-17-8-7-15-5-3-4-6-16(15)11-17/h3-11,14H,12-13H2,1-2H3,(H,21,23). The van der Waals surface area contributed by atoms with Crippen molar-refractivity contribution >= 4 is 34.3 Å². The number of thioether (sulfide) groups is 1. The third-order valence-electron chi connectivity index (χ3n) is 3.61. The largest absolute Gasteiger partial charge is 0.310 e. The Kier molecular flexibility index (Phi) is 5.20. The Morgan fingerprint density at radius 3 is 2.75 bits per heavy atom. The van der Waals surface area contributed by atoms with E-state index in [1.807, 2.05) is 22.9 Å². The van der Waals surface area contributed by atoms with Crippen LogP contribution in [0.1, 0.15) is 13.8 Å². The molecular formula is C19H21N3OS. The minimum absolute atomic E-state index is 0.0151. The summed E-state index contributed by atoms with van der Waals surface area (Å²) < 4.78 is 1.84. The van der Waals surface area contributed by atoms with Crippen LogP contribution in [-0.4, -0.2) is 21.4 Å². The van der Waals surface area contributed by atoms with E-state index >= 15 is 0 Å². The molecule has 124 valence electrons. The molecule has 3 aromatic rings. The Balaban J connectivity index is 1.60. The van der Waals surface area contributed by atoms with Crippen molar-refractivity contribution in [3.63, 3.8) is 0 Å².